The molecule has 7 heteroatoms. The number of fused-ring (bicyclic) bond motifs is 2. The molecule has 2 aliphatic rings. The molecule has 0 amide bonds. The molecule has 1 atom stereocenters. The molecule has 3 heterocycles. The average Bonchev–Trinajstić information content (AvgIpc) is 2.96. The van der Waals surface area contributed by atoms with Crippen molar-refractivity contribution in [2.24, 2.45) is 0 Å². The lowest BCUT2D eigenvalue weighted by molar-refractivity contribution is 0.0856. The number of nitrogens with two attached hydrogens (primary N) is 1. The van der Waals surface area contributed by atoms with Gasteiger partial charge in [-0.1, -0.05) is 0 Å². The zero-order valence-corrected chi connectivity index (χ0v) is 17.0. The lowest BCUT2D eigenvalue weighted by Gasteiger charge is -2.44. The predicted octanol–water partition coefficient (Wildman–Crippen LogP) is 2.99. The third kappa shape index (κ3) is 2.98. The summed E-state index contributed by atoms with van der Waals surface area (Å²) in [5, 5.41) is 7.77. The molecule has 1 aromatic heterocycles. The SMILES string of the molecule is Cc1cc(F)cc2c1N(C(C)(C)C)CC[C@H]2C(=O)n1nc2c(c1N)CNCC2. The first kappa shape index (κ1) is 18.9. The number of anilines is 2. The van der Waals surface area contributed by atoms with Gasteiger partial charge in [-0.2, -0.15) is 9.78 Å². The summed E-state index contributed by atoms with van der Waals surface area (Å²) in [6.45, 7) is 10.5. The van der Waals surface area contributed by atoms with Crippen LogP contribution in [0.3, 0.4) is 0 Å². The van der Waals surface area contributed by atoms with Crippen LogP contribution in [-0.2, 0) is 13.0 Å². The summed E-state index contributed by atoms with van der Waals surface area (Å²) in [4.78, 5) is 15.7. The van der Waals surface area contributed by atoms with Gasteiger partial charge < -0.3 is 16.0 Å². The molecule has 6 nitrogen and oxygen atoms in total. The van der Waals surface area contributed by atoms with Crippen molar-refractivity contribution in [2.75, 3.05) is 23.7 Å². The summed E-state index contributed by atoms with van der Waals surface area (Å²) < 4.78 is 15.6. The Morgan fingerprint density at radius 1 is 1.36 bits per heavy atom. The van der Waals surface area contributed by atoms with Crippen LogP contribution in [0.4, 0.5) is 15.9 Å². The molecule has 2 aliphatic heterocycles. The molecule has 0 radical (unpaired) electrons. The quantitative estimate of drug-likeness (QED) is 0.789. The van der Waals surface area contributed by atoms with Crippen LogP contribution in [0.5, 0.6) is 0 Å². The molecule has 0 bridgehead atoms. The van der Waals surface area contributed by atoms with Crippen LogP contribution >= 0.6 is 0 Å². The summed E-state index contributed by atoms with van der Waals surface area (Å²) >= 11 is 0. The number of halogens is 1. The Hall–Kier alpha value is -2.41. The zero-order chi connectivity index (χ0) is 20.2. The Balaban J connectivity index is 1.79. The Labute approximate surface area is 164 Å². The number of hydrogen-bond acceptors (Lipinski definition) is 5. The van der Waals surface area contributed by atoms with E-state index in [9.17, 15) is 9.18 Å². The van der Waals surface area contributed by atoms with Crippen LogP contribution in [0.2, 0.25) is 0 Å². The van der Waals surface area contributed by atoms with E-state index in [0.717, 1.165) is 47.6 Å². The maximum atomic E-state index is 14.3. The van der Waals surface area contributed by atoms with Gasteiger partial charge in [0.1, 0.15) is 11.6 Å². The summed E-state index contributed by atoms with van der Waals surface area (Å²) in [6, 6.07) is 3.04. The van der Waals surface area contributed by atoms with Crippen LogP contribution in [0.1, 0.15) is 60.3 Å². The predicted molar refractivity (Wildman–Crippen MR) is 108 cm³/mol. The van der Waals surface area contributed by atoms with E-state index in [4.69, 9.17) is 5.73 Å². The number of nitrogens with zero attached hydrogens (tertiary/aromatic N) is 3. The molecule has 2 aromatic rings. The van der Waals surface area contributed by atoms with Gasteiger partial charge in [-0.3, -0.25) is 4.79 Å². The van der Waals surface area contributed by atoms with Crippen LogP contribution in [0.15, 0.2) is 12.1 Å². The number of nitrogens with one attached hydrogen (secondary N) is 1. The van der Waals surface area contributed by atoms with Gasteiger partial charge in [0.2, 0.25) is 0 Å². The number of aryl methyl sites for hydroxylation is 1. The van der Waals surface area contributed by atoms with E-state index < -0.39 is 5.92 Å². The number of carbonyl (C=O) groups excluding carboxylic acids is 1. The van der Waals surface area contributed by atoms with Crippen molar-refractivity contribution < 1.29 is 9.18 Å². The largest absolute Gasteiger partial charge is 0.383 e. The molecule has 0 unspecified atom stereocenters. The third-order valence-corrected chi connectivity index (χ3v) is 5.84. The van der Waals surface area contributed by atoms with E-state index in [1.54, 1.807) is 0 Å². The van der Waals surface area contributed by atoms with E-state index in [-0.39, 0.29) is 17.3 Å². The van der Waals surface area contributed by atoms with Crippen molar-refractivity contribution in [1.82, 2.24) is 15.1 Å². The van der Waals surface area contributed by atoms with E-state index in [2.05, 4.69) is 36.1 Å². The summed E-state index contributed by atoms with van der Waals surface area (Å²) in [5.41, 5.74) is 10.5. The monoisotopic (exact) mass is 385 g/mol. The van der Waals surface area contributed by atoms with Gasteiger partial charge in [0.05, 0.1) is 11.6 Å². The highest BCUT2D eigenvalue weighted by Crippen LogP contribution is 2.42. The van der Waals surface area contributed by atoms with Crippen LogP contribution in [0, 0.1) is 12.7 Å². The van der Waals surface area contributed by atoms with Crippen molar-refractivity contribution in [3.8, 4) is 0 Å². The summed E-state index contributed by atoms with van der Waals surface area (Å²) in [7, 11) is 0. The first-order valence-electron chi connectivity index (χ1n) is 9.87. The summed E-state index contributed by atoms with van der Waals surface area (Å²) in [5.74, 6) is -0.548. The number of nitrogen functional groups attached to an aromatic ring is 1. The average molecular weight is 385 g/mol. The number of benzene rings is 1. The second-order valence-corrected chi connectivity index (χ2v) is 8.81. The van der Waals surface area contributed by atoms with Gasteiger partial charge in [0, 0.05) is 42.8 Å². The second kappa shape index (κ2) is 6.58. The van der Waals surface area contributed by atoms with E-state index in [1.165, 1.54) is 16.8 Å². The molecule has 0 fully saturated rings. The first-order chi connectivity index (χ1) is 13.2. The highest BCUT2D eigenvalue weighted by Gasteiger charge is 2.37. The Morgan fingerprint density at radius 2 is 2.11 bits per heavy atom. The minimum absolute atomic E-state index is 0.124. The lowest BCUT2D eigenvalue weighted by atomic mass is 9.85. The number of hydrogen-bond donors (Lipinski definition) is 2. The molecule has 0 spiro atoms. The van der Waals surface area contributed by atoms with Crippen molar-refractivity contribution >= 4 is 17.4 Å². The van der Waals surface area contributed by atoms with Crippen LogP contribution in [-0.4, -0.2) is 34.3 Å². The highest BCUT2D eigenvalue weighted by atomic mass is 19.1. The Morgan fingerprint density at radius 3 is 2.79 bits per heavy atom. The zero-order valence-electron chi connectivity index (χ0n) is 17.0. The first-order valence-corrected chi connectivity index (χ1v) is 9.87. The van der Waals surface area contributed by atoms with Gasteiger partial charge in [-0.15, -0.1) is 0 Å². The van der Waals surface area contributed by atoms with Crippen molar-refractivity contribution in [1.29, 1.82) is 0 Å². The lowest BCUT2D eigenvalue weighted by Crippen LogP contribution is -2.46. The fraction of sp³-hybridized carbons (Fsp3) is 0.524. The molecule has 0 saturated carbocycles. The normalized spacial score (nSPS) is 19.3. The van der Waals surface area contributed by atoms with Crippen LogP contribution in [0.25, 0.3) is 0 Å². The van der Waals surface area contributed by atoms with Crippen molar-refractivity contribution in [3.05, 3.63) is 40.3 Å². The molecule has 0 saturated heterocycles. The Kier molecular flexibility index (Phi) is 4.45. The molecule has 0 aliphatic carbocycles. The Bertz CT molecular complexity index is 943. The van der Waals surface area contributed by atoms with Gasteiger partial charge in [-0.05, 0) is 57.4 Å². The third-order valence-electron chi connectivity index (χ3n) is 5.84. The number of aromatic nitrogens is 2. The van der Waals surface area contributed by atoms with Crippen LogP contribution < -0.4 is 16.0 Å². The second-order valence-electron chi connectivity index (χ2n) is 8.81. The maximum absolute atomic E-state index is 14.3. The van der Waals surface area contributed by atoms with Crippen molar-refractivity contribution in [2.45, 2.75) is 58.5 Å². The number of carbonyl (C=O) groups is 1. The molecule has 1 aromatic carbocycles. The van der Waals surface area contributed by atoms with Gasteiger partial charge in [0.15, 0.2) is 0 Å². The van der Waals surface area contributed by atoms with E-state index >= 15 is 0 Å². The van der Waals surface area contributed by atoms with Gasteiger partial charge in [-0.25, -0.2) is 4.39 Å². The molecule has 4 rings (SSSR count). The van der Waals surface area contributed by atoms with Crippen molar-refractivity contribution in [3.63, 3.8) is 0 Å². The fourth-order valence-corrected chi connectivity index (χ4v) is 4.49. The fourth-order valence-electron chi connectivity index (χ4n) is 4.49. The minimum Gasteiger partial charge on any atom is -0.383 e. The van der Waals surface area contributed by atoms with E-state index in [0.29, 0.717) is 18.8 Å². The molecular weight excluding hydrogens is 357 g/mol. The molecule has 150 valence electrons. The highest BCUT2D eigenvalue weighted by molar-refractivity contribution is 5.91. The standard InChI is InChI=1S/C21H28FN5O/c1-12-9-13(22)10-15-14(6-8-26(18(12)15)21(2,3)4)20(28)27-19(23)16-11-24-7-5-17(16)25-27/h9-10,14,24H,5-8,11,23H2,1-4H3/t14-/m1/s1. The topological polar surface area (TPSA) is 76.2 Å². The molecule has 28 heavy (non-hydrogen) atoms. The van der Waals surface area contributed by atoms with Gasteiger partial charge in [0.25, 0.3) is 5.91 Å². The number of rotatable bonds is 1. The molecule has 3 N–H and O–H groups in total. The van der Waals surface area contributed by atoms with Gasteiger partial charge >= 0.3 is 0 Å². The van der Waals surface area contributed by atoms with E-state index in [1.807, 2.05) is 6.92 Å². The smallest absolute Gasteiger partial charge is 0.256 e. The summed E-state index contributed by atoms with van der Waals surface area (Å²) in [6.07, 6.45) is 1.36. The minimum atomic E-state index is -0.459. The maximum Gasteiger partial charge on any atom is 0.256 e. The molecular formula is C21H28FN5O.